The van der Waals surface area contributed by atoms with Gasteiger partial charge in [0.2, 0.25) is 5.91 Å². The molecule has 0 spiro atoms. The average Bonchev–Trinajstić information content (AvgIpc) is 3.54. The number of hydrogen-bond donors (Lipinski definition) is 1. The second-order valence-corrected chi connectivity index (χ2v) is 9.21. The maximum atomic E-state index is 12.7. The second-order valence-electron chi connectivity index (χ2n) is 8.35. The number of ether oxygens (including phenoxy) is 2. The maximum Gasteiger partial charge on any atom is 0.265 e. The molecule has 33 heavy (non-hydrogen) atoms. The van der Waals surface area contributed by atoms with Crippen LogP contribution in [0.15, 0.2) is 35.7 Å². The summed E-state index contributed by atoms with van der Waals surface area (Å²) in [6.07, 6.45) is 2.48. The van der Waals surface area contributed by atoms with Crippen LogP contribution in [0.4, 0.5) is 10.8 Å². The fourth-order valence-electron chi connectivity index (χ4n) is 4.42. The fraction of sp³-hybridized carbons (Fsp3) is 0.375. The molecule has 0 unspecified atom stereocenters. The molecule has 1 N–H and O–H groups in total. The minimum Gasteiger partial charge on any atom is -0.482 e. The molecule has 8 nitrogen and oxygen atoms in total. The van der Waals surface area contributed by atoms with Crippen molar-refractivity contribution in [2.24, 2.45) is 0 Å². The number of carbonyl (C=O) groups is 2. The Bertz CT molecular complexity index is 1200. The first kappa shape index (κ1) is 21.7. The summed E-state index contributed by atoms with van der Waals surface area (Å²) < 4.78 is 13.5. The number of thiazole rings is 1. The van der Waals surface area contributed by atoms with Gasteiger partial charge >= 0.3 is 0 Å². The predicted molar refractivity (Wildman–Crippen MR) is 127 cm³/mol. The Morgan fingerprint density at radius 2 is 2.15 bits per heavy atom. The van der Waals surface area contributed by atoms with Crippen molar-refractivity contribution in [3.8, 4) is 17.0 Å². The van der Waals surface area contributed by atoms with Gasteiger partial charge in [-0.25, -0.2) is 4.98 Å². The van der Waals surface area contributed by atoms with E-state index < -0.39 is 0 Å². The molecular formula is C24H26N4O4S. The Morgan fingerprint density at radius 1 is 1.30 bits per heavy atom. The van der Waals surface area contributed by atoms with Gasteiger partial charge in [-0.3, -0.25) is 14.5 Å². The molecule has 4 heterocycles. The van der Waals surface area contributed by atoms with Crippen molar-refractivity contribution in [3.05, 3.63) is 47.1 Å². The van der Waals surface area contributed by atoms with Crippen LogP contribution >= 0.6 is 11.3 Å². The van der Waals surface area contributed by atoms with Gasteiger partial charge in [0, 0.05) is 35.5 Å². The van der Waals surface area contributed by atoms with E-state index in [9.17, 15) is 9.59 Å². The van der Waals surface area contributed by atoms with Crippen LogP contribution < -0.4 is 15.0 Å². The number of fused-ring (bicyclic) bond motifs is 1. The third kappa shape index (κ3) is 4.38. The molecule has 2 amide bonds. The van der Waals surface area contributed by atoms with E-state index in [1.165, 1.54) is 21.9 Å². The summed E-state index contributed by atoms with van der Waals surface area (Å²) in [4.78, 5) is 31.1. The van der Waals surface area contributed by atoms with E-state index in [2.05, 4.69) is 34.8 Å². The zero-order chi connectivity index (χ0) is 22.9. The lowest BCUT2D eigenvalue weighted by atomic mass is 10.2. The number of para-hydroxylation sites is 2. The lowest BCUT2D eigenvalue weighted by Crippen LogP contribution is -2.43. The standard InChI is InChI=1S/C24H26N4O4S/c1-15-10-18(16(2)27(15)11-17-6-5-9-31-17)19-14-33-24(25-19)26-22(29)12-28-20-7-3-4-8-21(20)32-13-23(28)30/h3-4,7-8,10,14,17H,5-6,9,11-13H2,1-2H3,(H,25,26,29)/t17-/m0/s1. The number of benzene rings is 1. The molecule has 0 aliphatic carbocycles. The highest BCUT2D eigenvalue weighted by atomic mass is 32.1. The van der Waals surface area contributed by atoms with Crippen molar-refractivity contribution in [2.45, 2.75) is 39.3 Å². The number of rotatable bonds is 6. The summed E-state index contributed by atoms with van der Waals surface area (Å²) in [6, 6.07) is 9.34. The number of aromatic nitrogens is 2. The van der Waals surface area contributed by atoms with Crippen LogP contribution in [-0.4, -0.2) is 47.2 Å². The van der Waals surface area contributed by atoms with Crippen molar-refractivity contribution < 1.29 is 19.1 Å². The molecule has 2 aliphatic heterocycles. The van der Waals surface area contributed by atoms with E-state index in [0.29, 0.717) is 16.6 Å². The zero-order valence-corrected chi connectivity index (χ0v) is 19.5. The SMILES string of the molecule is Cc1cc(-c2csc(NC(=O)CN3C(=O)COc4ccccc43)n2)c(C)n1C[C@@H]1CCCO1. The van der Waals surface area contributed by atoms with Crippen LogP contribution in [0.2, 0.25) is 0 Å². The number of anilines is 2. The summed E-state index contributed by atoms with van der Waals surface area (Å²) in [5.74, 6) is 0.0481. The van der Waals surface area contributed by atoms with E-state index in [1.807, 2.05) is 17.5 Å². The van der Waals surface area contributed by atoms with Gasteiger partial charge in [-0.15, -0.1) is 11.3 Å². The second kappa shape index (κ2) is 8.99. The average molecular weight is 467 g/mol. The normalized spacial score (nSPS) is 17.7. The Labute approximate surface area is 196 Å². The smallest absolute Gasteiger partial charge is 0.265 e. The molecule has 0 saturated carbocycles. The highest BCUT2D eigenvalue weighted by molar-refractivity contribution is 7.14. The van der Waals surface area contributed by atoms with E-state index in [0.717, 1.165) is 42.9 Å². The number of aryl methyl sites for hydroxylation is 1. The Balaban J connectivity index is 1.28. The van der Waals surface area contributed by atoms with E-state index in [1.54, 1.807) is 12.1 Å². The van der Waals surface area contributed by atoms with Crippen molar-refractivity contribution >= 4 is 34.0 Å². The predicted octanol–water partition coefficient (Wildman–Crippen LogP) is 3.77. The van der Waals surface area contributed by atoms with Gasteiger partial charge < -0.3 is 19.4 Å². The summed E-state index contributed by atoms with van der Waals surface area (Å²) in [6.45, 7) is 5.71. The van der Waals surface area contributed by atoms with Gasteiger partial charge in [-0.05, 0) is 44.9 Å². The van der Waals surface area contributed by atoms with Gasteiger partial charge in [-0.1, -0.05) is 12.1 Å². The van der Waals surface area contributed by atoms with E-state index >= 15 is 0 Å². The van der Waals surface area contributed by atoms with Crippen molar-refractivity contribution in [1.29, 1.82) is 0 Å². The number of nitrogens with one attached hydrogen (secondary N) is 1. The third-order valence-corrected chi connectivity index (χ3v) is 6.88. The summed E-state index contributed by atoms with van der Waals surface area (Å²) in [5, 5.41) is 5.29. The largest absolute Gasteiger partial charge is 0.482 e. The van der Waals surface area contributed by atoms with Crippen LogP contribution in [-0.2, 0) is 20.9 Å². The summed E-state index contributed by atoms with van der Waals surface area (Å²) in [7, 11) is 0. The van der Waals surface area contributed by atoms with Gasteiger partial charge in [-0.2, -0.15) is 0 Å². The van der Waals surface area contributed by atoms with E-state index in [-0.39, 0.29) is 31.1 Å². The molecule has 2 aromatic heterocycles. The van der Waals surface area contributed by atoms with Crippen molar-refractivity contribution in [3.63, 3.8) is 0 Å². The quantitative estimate of drug-likeness (QED) is 0.598. The molecule has 1 saturated heterocycles. The number of amides is 2. The minimum atomic E-state index is -0.301. The minimum absolute atomic E-state index is 0.0762. The molecule has 9 heteroatoms. The zero-order valence-electron chi connectivity index (χ0n) is 18.7. The van der Waals surface area contributed by atoms with Gasteiger partial charge in [0.25, 0.3) is 5.91 Å². The maximum absolute atomic E-state index is 12.7. The molecule has 1 atom stereocenters. The number of carbonyl (C=O) groups excluding carboxylic acids is 2. The topological polar surface area (TPSA) is 85.7 Å². The van der Waals surface area contributed by atoms with Crippen LogP contribution in [0.25, 0.3) is 11.3 Å². The number of hydrogen-bond acceptors (Lipinski definition) is 6. The summed E-state index contributed by atoms with van der Waals surface area (Å²) in [5.41, 5.74) is 4.79. The highest BCUT2D eigenvalue weighted by Gasteiger charge is 2.27. The molecule has 2 aliphatic rings. The van der Waals surface area contributed by atoms with Gasteiger partial charge in [0.15, 0.2) is 11.7 Å². The Hall–Kier alpha value is -3.17. The molecule has 3 aromatic rings. The lowest BCUT2D eigenvalue weighted by Gasteiger charge is -2.28. The molecule has 172 valence electrons. The molecule has 1 aromatic carbocycles. The molecule has 0 radical (unpaired) electrons. The van der Waals surface area contributed by atoms with Gasteiger partial charge in [0.05, 0.1) is 17.5 Å². The first-order valence-electron chi connectivity index (χ1n) is 11.1. The van der Waals surface area contributed by atoms with Crippen molar-refractivity contribution in [1.82, 2.24) is 9.55 Å². The molecule has 1 fully saturated rings. The summed E-state index contributed by atoms with van der Waals surface area (Å²) >= 11 is 1.37. The molecular weight excluding hydrogens is 440 g/mol. The highest BCUT2D eigenvalue weighted by Crippen LogP contribution is 2.32. The Kier molecular flexibility index (Phi) is 5.90. The van der Waals surface area contributed by atoms with Crippen LogP contribution in [0, 0.1) is 13.8 Å². The molecule has 0 bridgehead atoms. The van der Waals surface area contributed by atoms with Crippen molar-refractivity contribution in [2.75, 3.05) is 30.0 Å². The first-order valence-corrected chi connectivity index (χ1v) is 11.9. The van der Waals surface area contributed by atoms with Crippen LogP contribution in [0.3, 0.4) is 0 Å². The first-order chi connectivity index (χ1) is 16.0. The van der Waals surface area contributed by atoms with Crippen LogP contribution in [0.5, 0.6) is 5.75 Å². The van der Waals surface area contributed by atoms with Crippen LogP contribution in [0.1, 0.15) is 24.2 Å². The van der Waals surface area contributed by atoms with E-state index in [4.69, 9.17) is 9.47 Å². The fourth-order valence-corrected chi connectivity index (χ4v) is 5.14. The number of nitrogens with zero attached hydrogens (tertiary/aromatic N) is 3. The third-order valence-electron chi connectivity index (χ3n) is 6.12. The lowest BCUT2D eigenvalue weighted by molar-refractivity contribution is -0.123. The monoisotopic (exact) mass is 466 g/mol. The molecule has 5 rings (SSSR count). The Morgan fingerprint density at radius 3 is 2.97 bits per heavy atom. The van der Waals surface area contributed by atoms with Gasteiger partial charge in [0.1, 0.15) is 12.3 Å².